The predicted octanol–water partition coefficient (Wildman–Crippen LogP) is 0.676. The number of nitrogens with zero attached hydrogens (tertiary/aromatic N) is 2. The van der Waals surface area contributed by atoms with Crippen molar-refractivity contribution in [2.45, 2.75) is 64.0 Å². The molecule has 2 fully saturated rings. The van der Waals surface area contributed by atoms with Crippen molar-refractivity contribution in [2.75, 3.05) is 6.54 Å². The molecule has 8 heteroatoms. The van der Waals surface area contributed by atoms with Gasteiger partial charge in [0.1, 0.15) is 5.82 Å². The van der Waals surface area contributed by atoms with Gasteiger partial charge in [0, 0.05) is 19.0 Å². The van der Waals surface area contributed by atoms with Gasteiger partial charge in [-0.05, 0) is 19.3 Å². The number of aromatic amines is 2. The second kappa shape index (κ2) is 7.63. The maximum absolute atomic E-state index is 12.4. The largest absolute Gasteiger partial charge is 0.349 e. The van der Waals surface area contributed by atoms with E-state index in [-0.39, 0.29) is 30.0 Å². The van der Waals surface area contributed by atoms with E-state index in [2.05, 4.69) is 20.5 Å². The lowest BCUT2D eigenvalue weighted by Crippen LogP contribution is -2.49. The molecule has 0 aromatic carbocycles. The van der Waals surface area contributed by atoms with Crippen LogP contribution in [0.2, 0.25) is 0 Å². The lowest BCUT2D eigenvalue weighted by Gasteiger charge is -2.37. The predicted molar refractivity (Wildman–Crippen MR) is 87.0 cm³/mol. The number of rotatable bonds is 4. The van der Waals surface area contributed by atoms with E-state index in [0.717, 1.165) is 25.7 Å². The SMILES string of the molecule is O=C(NCc1n[nH]c(=O)[nH]1)[C@H]1CCC(=O)N(C2CCCCCC2)C1. The molecule has 1 aliphatic heterocycles. The van der Waals surface area contributed by atoms with Crippen molar-refractivity contribution in [1.29, 1.82) is 0 Å². The molecule has 2 heterocycles. The molecule has 8 nitrogen and oxygen atoms in total. The maximum Gasteiger partial charge on any atom is 0.340 e. The highest BCUT2D eigenvalue weighted by atomic mass is 16.2. The fourth-order valence-electron chi connectivity index (χ4n) is 3.71. The van der Waals surface area contributed by atoms with E-state index in [1.54, 1.807) is 0 Å². The van der Waals surface area contributed by atoms with Gasteiger partial charge in [0.2, 0.25) is 11.8 Å². The number of hydrogen-bond acceptors (Lipinski definition) is 4. The van der Waals surface area contributed by atoms with Crippen molar-refractivity contribution in [3.63, 3.8) is 0 Å². The monoisotopic (exact) mass is 335 g/mol. The van der Waals surface area contributed by atoms with E-state index in [9.17, 15) is 14.4 Å². The lowest BCUT2D eigenvalue weighted by atomic mass is 9.93. The zero-order chi connectivity index (χ0) is 16.9. The first-order valence-electron chi connectivity index (χ1n) is 8.84. The Kier molecular flexibility index (Phi) is 5.32. The van der Waals surface area contributed by atoms with Gasteiger partial charge >= 0.3 is 5.69 Å². The van der Waals surface area contributed by atoms with Crippen molar-refractivity contribution in [3.8, 4) is 0 Å². The van der Waals surface area contributed by atoms with Crippen LogP contribution in [0.3, 0.4) is 0 Å². The summed E-state index contributed by atoms with van der Waals surface area (Å²) < 4.78 is 0. The number of nitrogens with one attached hydrogen (secondary N) is 3. The van der Waals surface area contributed by atoms with Gasteiger partial charge in [-0.2, -0.15) is 5.10 Å². The summed E-state index contributed by atoms with van der Waals surface area (Å²) in [4.78, 5) is 40.1. The Balaban J connectivity index is 1.56. The summed E-state index contributed by atoms with van der Waals surface area (Å²) in [5, 5.41) is 8.84. The molecule has 24 heavy (non-hydrogen) atoms. The van der Waals surface area contributed by atoms with Crippen LogP contribution >= 0.6 is 0 Å². The van der Waals surface area contributed by atoms with Gasteiger partial charge in [-0.15, -0.1) is 0 Å². The number of likely N-dealkylation sites (tertiary alicyclic amines) is 1. The van der Waals surface area contributed by atoms with Crippen molar-refractivity contribution in [2.24, 2.45) is 5.92 Å². The highest BCUT2D eigenvalue weighted by Gasteiger charge is 2.34. The van der Waals surface area contributed by atoms with Crippen LogP contribution in [-0.4, -0.2) is 44.5 Å². The fraction of sp³-hybridized carbons (Fsp3) is 0.750. The minimum Gasteiger partial charge on any atom is -0.349 e. The van der Waals surface area contributed by atoms with Crippen LogP contribution in [-0.2, 0) is 16.1 Å². The van der Waals surface area contributed by atoms with E-state index in [1.165, 1.54) is 12.8 Å². The summed E-state index contributed by atoms with van der Waals surface area (Å²) in [5.41, 5.74) is -0.387. The Labute approximate surface area is 140 Å². The first-order valence-corrected chi connectivity index (χ1v) is 8.84. The minimum atomic E-state index is -0.387. The zero-order valence-electron chi connectivity index (χ0n) is 13.8. The second-order valence-electron chi connectivity index (χ2n) is 6.77. The molecule has 0 unspecified atom stereocenters. The molecular formula is C16H25N5O3. The first kappa shape index (κ1) is 16.7. The van der Waals surface area contributed by atoms with Crippen molar-refractivity contribution < 1.29 is 9.59 Å². The number of amides is 2. The summed E-state index contributed by atoms with van der Waals surface area (Å²) in [6.45, 7) is 0.692. The van der Waals surface area contributed by atoms with Gasteiger partial charge in [0.05, 0.1) is 12.5 Å². The summed E-state index contributed by atoms with van der Waals surface area (Å²) in [7, 11) is 0. The molecule has 1 aromatic rings. The minimum absolute atomic E-state index is 0.0787. The molecule has 2 amide bonds. The van der Waals surface area contributed by atoms with Crippen LogP contribution in [0.15, 0.2) is 4.79 Å². The van der Waals surface area contributed by atoms with Gasteiger partial charge in [0.15, 0.2) is 0 Å². The Bertz CT molecular complexity index is 630. The van der Waals surface area contributed by atoms with Gasteiger partial charge in [-0.25, -0.2) is 9.89 Å². The number of H-pyrrole nitrogens is 2. The maximum atomic E-state index is 12.4. The molecule has 132 valence electrons. The van der Waals surface area contributed by atoms with Crippen molar-refractivity contribution >= 4 is 11.8 Å². The number of aromatic nitrogens is 3. The summed E-state index contributed by atoms with van der Waals surface area (Å²) in [6.07, 6.45) is 7.94. The van der Waals surface area contributed by atoms with Gasteiger partial charge < -0.3 is 10.2 Å². The molecular weight excluding hydrogens is 310 g/mol. The third-order valence-corrected chi connectivity index (χ3v) is 5.06. The second-order valence-corrected chi connectivity index (χ2v) is 6.77. The smallest absolute Gasteiger partial charge is 0.340 e. The Morgan fingerprint density at radius 3 is 2.58 bits per heavy atom. The van der Waals surface area contributed by atoms with E-state index < -0.39 is 0 Å². The number of carbonyl (C=O) groups excluding carboxylic acids is 2. The molecule has 0 spiro atoms. The number of piperidine rings is 1. The number of hydrogen-bond donors (Lipinski definition) is 3. The normalized spacial score (nSPS) is 23.1. The van der Waals surface area contributed by atoms with E-state index in [0.29, 0.717) is 31.3 Å². The third-order valence-electron chi connectivity index (χ3n) is 5.06. The molecule has 3 rings (SSSR count). The molecule has 3 N–H and O–H groups in total. The van der Waals surface area contributed by atoms with Crippen LogP contribution in [0.4, 0.5) is 0 Å². The molecule has 1 aliphatic carbocycles. The van der Waals surface area contributed by atoms with Crippen LogP contribution in [0.1, 0.15) is 57.2 Å². The number of carbonyl (C=O) groups is 2. The first-order chi connectivity index (χ1) is 11.6. The van der Waals surface area contributed by atoms with E-state index >= 15 is 0 Å². The highest BCUT2D eigenvalue weighted by Crippen LogP contribution is 2.27. The topological polar surface area (TPSA) is 111 Å². The molecule has 0 radical (unpaired) electrons. The average molecular weight is 335 g/mol. The zero-order valence-corrected chi connectivity index (χ0v) is 13.8. The van der Waals surface area contributed by atoms with Gasteiger partial charge in [0.25, 0.3) is 0 Å². The van der Waals surface area contributed by atoms with Crippen LogP contribution in [0.25, 0.3) is 0 Å². The van der Waals surface area contributed by atoms with E-state index in [1.807, 2.05) is 4.90 Å². The summed E-state index contributed by atoms with van der Waals surface area (Å²) >= 11 is 0. The van der Waals surface area contributed by atoms with Crippen LogP contribution < -0.4 is 11.0 Å². The molecule has 1 saturated carbocycles. The third kappa shape index (κ3) is 4.04. The van der Waals surface area contributed by atoms with Crippen LogP contribution in [0.5, 0.6) is 0 Å². The van der Waals surface area contributed by atoms with E-state index in [4.69, 9.17) is 0 Å². The Morgan fingerprint density at radius 2 is 1.92 bits per heavy atom. The van der Waals surface area contributed by atoms with Crippen LogP contribution in [0, 0.1) is 5.92 Å². The average Bonchev–Trinajstić information content (AvgIpc) is 2.83. The van der Waals surface area contributed by atoms with Crippen molar-refractivity contribution in [1.82, 2.24) is 25.4 Å². The molecule has 1 saturated heterocycles. The van der Waals surface area contributed by atoms with Crippen molar-refractivity contribution in [3.05, 3.63) is 16.3 Å². The molecule has 1 atom stereocenters. The summed E-state index contributed by atoms with van der Waals surface area (Å²) in [6, 6.07) is 0.290. The Morgan fingerprint density at radius 1 is 1.17 bits per heavy atom. The lowest BCUT2D eigenvalue weighted by molar-refractivity contribution is -0.141. The van der Waals surface area contributed by atoms with Gasteiger partial charge in [-0.1, -0.05) is 25.7 Å². The fourth-order valence-corrected chi connectivity index (χ4v) is 3.71. The molecule has 0 bridgehead atoms. The van der Waals surface area contributed by atoms with Gasteiger partial charge in [-0.3, -0.25) is 14.6 Å². The molecule has 1 aromatic heterocycles. The summed E-state index contributed by atoms with van der Waals surface area (Å²) in [5.74, 6) is 0.324. The molecule has 2 aliphatic rings. The standard InChI is InChI=1S/C16H25N5O3/c22-14-8-7-11(10-21(14)12-5-3-1-2-4-6-12)15(23)17-9-13-18-16(24)20-19-13/h11-12H,1-10H2,(H,17,23)(H2,18,19,20,24)/t11-/m0/s1. The Hall–Kier alpha value is -2.12. The quantitative estimate of drug-likeness (QED) is 0.702. The highest BCUT2D eigenvalue weighted by molar-refractivity contribution is 5.83.